The number of likely N-dealkylation sites (tertiary alicyclic amines) is 1. The molecule has 1 saturated heterocycles. The van der Waals surface area contributed by atoms with Crippen molar-refractivity contribution in [2.45, 2.75) is 38.5 Å². The lowest BCUT2D eigenvalue weighted by molar-refractivity contribution is -0.130. The van der Waals surface area contributed by atoms with E-state index in [1.807, 2.05) is 50.2 Å². The first-order chi connectivity index (χ1) is 17.3. The molecule has 2 aromatic carbocycles. The SMILES string of the molecule is CC1(C)CN(C(=O)c2cccc(OCCCN3CCCC3)c2)C=C(C(=O)O)c2[nH]c3ccccc3c21. The fourth-order valence-corrected chi connectivity index (χ4v) is 5.48. The van der Waals surface area contributed by atoms with Crippen LogP contribution in [0.5, 0.6) is 5.75 Å². The van der Waals surface area contributed by atoms with E-state index in [4.69, 9.17) is 4.74 Å². The predicted molar refractivity (Wildman–Crippen MR) is 140 cm³/mol. The molecule has 0 bridgehead atoms. The normalized spacial score (nSPS) is 17.5. The Morgan fingerprint density at radius 1 is 1.08 bits per heavy atom. The highest BCUT2D eigenvalue weighted by molar-refractivity contribution is 6.17. The van der Waals surface area contributed by atoms with E-state index in [0.717, 1.165) is 29.4 Å². The van der Waals surface area contributed by atoms with Crippen LogP contribution in [0.4, 0.5) is 0 Å². The number of nitrogens with zero attached hydrogens (tertiary/aromatic N) is 2. The number of aliphatic carboxylic acids is 1. The number of para-hydroxylation sites is 1. The van der Waals surface area contributed by atoms with Gasteiger partial charge < -0.3 is 24.6 Å². The van der Waals surface area contributed by atoms with Crippen molar-refractivity contribution < 1.29 is 19.4 Å². The van der Waals surface area contributed by atoms with Gasteiger partial charge in [0.05, 0.1) is 17.9 Å². The zero-order chi connectivity index (χ0) is 25.3. The van der Waals surface area contributed by atoms with Crippen LogP contribution in [0.2, 0.25) is 0 Å². The largest absolute Gasteiger partial charge is 0.494 e. The quantitative estimate of drug-likeness (QED) is 0.464. The molecule has 0 radical (unpaired) electrons. The summed E-state index contributed by atoms with van der Waals surface area (Å²) in [6, 6.07) is 15.0. The van der Waals surface area contributed by atoms with Crippen molar-refractivity contribution in [3.8, 4) is 5.75 Å². The van der Waals surface area contributed by atoms with Gasteiger partial charge in [0.2, 0.25) is 0 Å². The van der Waals surface area contributed by atoms with E-state index in [1.165, 1.54) is 37.0 Å². The first kappa shape index (κ1) is 24.1. The highest BCUT2D eigenvalue weighted by Gasteiger charge is 2.37. The Morgan fingerprint density at radius 3 is 2.64 bits per heavy atom. The number of rotatable bonds is 7. The van der Waals surface area contributed by atoms with Crippen LogP contribution in [0.1, 0.15) is 54.7 Å². The Labute approximate surface area is 211 Å². The molecule has 188 valence electrons. The van der Waals surface area contributed by atoms with Gasteiger partial charge in [-0.05, 0) is 62.2 Å². The molecule has 0 saturated carbocycles. The third-order valence-electron chi connectivity index (χ3n) is 7.16. The maximum atomic E-state index is 13.6. The van der Waals surface area contributed by atoms with Gasteiger partial charge in [-0.2, -0.15) is 0 Å². The maximum Gasteiger partial charge on any atom is 0.339 e. The minimum atomic E-state index is -1.08. The van der Waals surface area contributed by atoms with Crippen molar-refractivity contribution in [1.82, 2.24) is 14.8 Å². The summed E-state index contributed by atoms with van der Waals surface area (Å²) in [6.07, 6.45) is 4.96. The van der Waals surface area contributed by atoms with E-state index in [9.17, 15) is 14.7 Å². The number of carbonyl (C=O) groups excluding carboxylic acids is 1. The molecule has 2 aliphatic heterocycles. The molecule has 3 aromatic rings. The second-order valence-electron chi connectivity index (χ2n) is 10.4. The van der Waals surface area contributed by atoms with Gasteiger partial charge >= 0.3 is 5.97 Å². The average Bonchev–Trinajstić information content (AvgIpc) is 3.49. The molecule has 2 aliphatic rings. The number of H-pyrrole nitrogens is 1. The summed E-state index contributed by atoms with van der Waals surface area (Å²) in [5.74, 6) is -0.679. The Morgan fingerprint density at radius 2 is 1.86 bits per heavy atom. The second kappa shape index (κ2) is 9.82. The third kappa shape index (κ3) is 4.75. The van der Waals surface area contributed by atoms with Crippen molar-refractivity contribution in [2.24, 2.45) is 0 Å². The fraction of sp³-hybridized carbons (Fsp3) is 0.379. The number of aromatic nitrogens is 1. The number of fused-ring (bicyclic) bond motifs is 3. The lowest BCUT2D eigenvalue weighted by atomic mass is 9.81. The van der Waals surface area contributed by atoms with E-state index in [2.05, 4.69) is 9.88 Å². The third-order valence-corrected chi connectivity index (χ3v) is 7.16. The molecule has 3 heterocycles. The molecule has 7 heteroatoms. The van der Waals surface area contributed by atoms with E-state index >= 15 is 0 Å². The van der Waals surface area contributed by atoms with Crippen LogP contribution in [0.15, 0.2) is 54.7 Å². The van der Waals surface area contributed by atoms with Gasteiger partial charge in [0.15, 0.2) is 0 Å². The molecule has 0 spiro atoms. The molecule has 0 unspecified atom stereocenters. The van der Waals surface area contributed by atoms with Gasteiger partial charge in [0, 0.05) is 41.2 Å². The maximum absolute atomic E-state index is 13.6. The summed E-state index contributed by atoms with van der Waals surface area (Å²) in [7, 11) is 0. The summed E-state index contributed by atoms with van der Waals surface area (Å²) in [4.78, 5) is 33.2. The Bertz CT molecular complexity index is 1320. The number of hydrogen-bond donors (Lipinski definition) is 2. The molecule has 5 rings (SSSR count). The molecule has 36 heavy (non-hydrogen) atoms. The van der Waals surface area contributed by atoms with Crippen molar-refractivity contribution in [3.63, 3.8) is 0 Å². The number of nitrogens with one attached hydrogen (secondary N) is 1. The minimum absolute atomic E-state index is 0.0782. The summed E-state index contributed by atoms with van der Waals surface area (Å²) in [5.41, 5.74) is 2.42. The number of ether oxygens (including phenoxy) is 1. The number of amides is 1. The van der Waals surface area contributed by atoms with Gasteiger partial charge in [-0.25, -0.2) is 4.79 Å². The second-order valence-corrected chi connectivity index (χ2v) is 10.4. The van der Waals surface area contributed by atoms with E-state index < -0.39 is 11.4 Å². The topological polar surface area (TPSA) is 85.9 Å². The number of benzene rings is 2. The van der Waals surface area contributed by atoms with Gasteiger partial charge in [-0.15, -0.1) is 0 Å². The van der Waals surface area contributed by atoms with Crippen LogP contribution in [-0.4, -0.2) is 64.6 Å². The molecular formula is C29H33N3O4. The van der Waals surface area contributed by atoms with Crippen LogP contribution >= 0.6 is 0 Å². The molecule has 0 aliphatic carbocycles. The number of hydrogen-bond acceptors (Lipinski definition) is 4. The molecule has 1 fully saturated rings. The number of carboxylic acid groups (broad SMARTS) is 1. The lowest BCUT2D eigenvalue weighted by Gasteiger charge is -2.29. The molecule has 7 nitrogen and oxygen atoms in total. The Hall–Kier alpha value is -3.58. The van der Waals surface area contributed by atoms with Crippen LogP contribution in [0.25, 0.3) is 16.5 Å². The zero-order valence-corrected chi connectivity index (χ0v) is 20.9. The van der Waals surface area contributed by atoms with Crippen LogP contribution in [0.3, 0.4) is 0 Å². The number of aromatic amines is 1. The minimum Gasteiger partial charge on any atom is -0.494 e. The number of carbonyl (C=O) groups is 2. The Kier molecular flexibility index (Phi) is 6.58. The summed E-state index contributed by atoms with van der Waals surface area (Å²) in [6.45, 7) is 8.39. The average molecular weight is 488 g/mol. The fourth-order valence-electron chi connectivity index (χ4n) is 5.48. The van der Waals surface area contributed by atoms with E-state index in [1.54, 1.807) is 12.1 Å². The van der Waals surface area contributed by atoms with E-state index in [0.29, 0.717) is 30.2 Å². The highest BCUT2D eigenvalue weighted by atomic mass is 16.5. The Balaban J connectivity index is 1.38. The summed E-state index contributed by atoms with van der Waals surface area (Å²) < 4.78 is 5.94. The van der Waals surface area contributed by atoms with Gasteiger partial charge in [-0.3, -0.25) is 4.79 Å². The molecular weight excluding hydrogens is 454 g/mol. The van der Waals surface area contributed by atoms with Crippen molar-refractivity contribution >= 4 is 28.4 Å². The zero-order valence-electron chi connectivity index (χ0n) is 20.9. The molecule has 0 atom stereocenters. The standard InChI is InChI=1S/C29H33N3O4/c1-29(2)19-32(18-23(28(34)35)26-25(29)22-11-3-4-12-24(22)30-26)27(33)20-9-7-10-21(17-20)36-16-8-15-31-13-5-6-14-31/h3-4,7,9-12,17-18,30H,5-6,8,13-16,19H2,1-2H3,(H,34,35). The van der Waals surface area contributed by atoms with Gasteiger partial charge in [0.25, 0.3) is 5.91 Å². The molecule has 1 aromatic heterocycles. The van der Waals surface area contributed by atoms with Crippen molar-refractivity contribution in [3.05, 3.63) is 71.6 Å². The van der Waals surface area contributed by atoms with Crippen LogP contribution in [-0.2, 0) is 10.2 Å². The summed E-state index contributed by atoms with van der Waals surface area (Å²) >= 11 is 0. The first-order valence-electron chi connectivity index (χ1n) is 12.7. The van der Waals surface area contributed by atoms with Gasteiger partial charge in [0.1, 0.15) is 5.75 Å². The predicted octanol–water partition coefficient (Wildman–Crippen LogP) is 4.89. The number of carboxylic acids is 1. The van der Waals surface area contributed by atoms with Crippen LogP contribution in [0, 0.1) is 0 Å². The van der Waals surface area contributed by atoms with Crippen molar-refractivity contribution in [2.75, 3.05) is 32.8 Å². The highest BCUT2D eigenvalue weighted by Crippen LogP contribution is 2.40. The first-order valence-corrected chi connectivity index (χ1v) is 12.7. The van der Waals surface area contributed by atoms with Crippen molar-refractivity contribution in [1.29, 1.82) is 0 Å². The molecule has 1 amide bonds. The smallest absolute Gasteiger partial charge is 0.339 e. The van der Waals surface area contributed by atoms with E-state index in [-0.39, 0.29) is 11.5 Å². The lowest BCUT2D eigenvalue weighted by Crippen LogP contribution is -2.36. The monoisotopic (exact) mass is 487 g/mol. The summed E-state index contributed by atoms with van der Waals surface area (Å²) in [5, 5.41) is 11.0. The van der Waals surface area contributed by atoms with Gasteiger partial charge in [-0.1, -0.05) is 38.1 Å². The van der Waals surface area contributed by atoms with Crippen LogP contribution < -0.4 is 4.74 Å². The molecule has 2 N–H and O–H groups in total.